The summed E-state index contributed by atoms with van der Waals surface area (Å²) in [5.41, 5.74) is 7.83. The molecular weight excluding hydrogens is 248 g/mol. The van der Waals surface area contributed by atoms with Crippen LogP contribution in [0.5, 0.6) is 0 Å². The van der Waals surface area contributed by atoms with Crippen molar-refractivity contribution in [1.29, 1.82) is 0 Å². The Labute approximate surface area is 121 Å². The molecule has 0 radical (unpaired) electrons. The van der Waals surface area contributed by atoms with Crippen molar-refractivity contribution in [1.82, 2.24) is 9.97 Å². The number of hydrogen-bond acceptors (Lipinski definition) is 4. The Kier molecular flexibility index (Phi) is 3.57. The first kappa shape index (κ1) is 13.7. The molecule has 2 heterocycles. The fourth-order valence-corrected chi connectivity index (χ4v) is 4.02. The second-order valence-electron chi connectivity index (χ2n) is 6.85. The van der Waals surface area contributed by atoms with E-state index in [1.807, 2.05) is 0 Å². The third kappa shape index (κ3) is 2.36. The summed E-state index contributed by atoms with van der Waals surface area (Å²) >= 11 is 0. The lowest BCUT2D eigenvalue weighted by atomic mass is 9.77. The Bertz CT molecular complexity index is 467. The molecule has 1 aromatic heterocycles. The van der Waals surface area contributed by atoms with Crippen LogP contribution in [-0.4, -0.2) is 23.1 Å². The van der Waals surface area contributed by atoms with E-state index in [2.05, 4.69) is 28.7 Å². The topological polar surface area (TPSA) is 55.0 Å². The van der Waals surface area contributed by atoms with Gasteiger partial charge in [0.2, 0.25) is 0 Å². The Morgan fingerprint density at radius 1 is 1.10 bits per heavy atom. The zero-order chi connectivity index (χ0) is 14.2. The summed E-state index contributed by atoms with van der Waals surface area (Å²) in [7, 11) is 0. The van der Waals surface area contributed by atoms with Crippen LogP contribution in [0.15, 0.2) is 6.33 Å². The van der Waals surface area contributed by atoms with Gasteiger partial charge in [-0.2, -0.15) is 0 Å². The van der Waals surface area contributed by atoms with E-state index in [9.17, 15) is 0 Å². The molecule has 0 amide bonds. The molecule has 0 bridgehead atoms. The van der Waals surface area contributed by atoms with Gasteiger partial charge in [-0.3, -0.25) is 0 Å². The van der Waals surface area contributed by atoms with Crippen LogP contribution in [0.2, 0.25) is 0 Å². The smallest absolute Gasteiger partial charge is 0.137 e. The standard InChI is InChI=1S/C16H26N4/c1-12(2)13-14(17)18-11-19-15(13)20-9-7-16(8-10-20)5-3-4-6-16/h11-12H,3-10H2,1-2H3,(H2,17,18,19). The zero-order valence-corrected chi connectivity index (χ0v) is 12.7. The molecule has 2 fully saturated rings. The summed E-state index contributed by atoms with van der Waals surface area (Å²) < 4.78 is 0. The second kappa shape index (κ2) is 5.23. The molecule has 1 aliphatic carbocycles. The van der Waals surface area contributed by atoms with Gasteiger partial charge in [-0.1, -0.05) is 26.7 Å². The largest absolute Gasteiger partial charge is 0.383 e. The normalized spacial score (nSPS) is 21.9. The molecule has 3 rings (SSSR count). The molecule has 4 heteroatoms. The molecule has 1 saturated carbocycles. The lowest BCUT2D eigenvalue weighted by molar-refractivity contribution is 0.226. The number of nitrogens with two attached hydrogens (primary N) is 1. The first-order valence-corrected chi connectivity index (χ1v) is 7.97. The molecule has 0 aromatic carbocycles. The Morgan fingerprint density at radius 3 is 2.35 bits per heavy atom. The van der Waals surface area contributed by atoms with Gasteiger partial charge in [0.15, 0.2) is 0 Å². The molecule has 2 N–H and O–H groups in total. The highest BCUT2D eigenvalue weighted by atomic mass is 15.2. The minimum absolute atomic E-state index is 0.369. The van der Waals surface area contributed by atoms with Crippen LogP contribution >= 0.6 is 0 Å². The van der Waals surface area contributed by atoms with Gasteiger partial charge in [0.25, 0.3) is 0 Å². The van der Waals surface area contributed by atoms with Crippen molar-refractivity contribution < 1.29 is 0 Å². The molecular formula is C16H26N4. The van der Waals surface area contributed by atoms with Crippen molar-refractivity contribution in [3.05, 3.63) is 11.9 Å². The van der Waals surface area contributed by atoms with Gasteiger partial charge in [-0.25, -0.2) is 9.97 Å². The first-order valence-electron chi connectivity index (χ1n) is 7.97. The summed E-state index contributed by atoms with van der Waals surface area (Å²) in [6.45, 7) is 6.58. The summed E-state index contributed by atoms with van der Waals surface area (Å²) in [6.07, 6.45) is 9.96. The Hall–Kier alpha value is -1.32. The van der Waals surface area contributed by atoms with Gasteiger partial charge in [-0.05, 0) is 37.0 Å². The first-order chi connectivity index (χ1) is 9.61. The molecule has 1 aromatic rings. The Balaban J connectivity index is 1.80. The predicted molar refractivity (Wildman–Crippen MR) is 82.9 cm³/mol. The van der Waals surface area contributed by atoms with E-state index in [-0.39, 0.29) is 0 Å². The van der Waals surface area contributed by atoms with Crippen LogP contribution < -0.4 is 10.6 Å². The SMILES string of the molecule is CC(C)c1c(N)ncnc1N1CCC2(CCCC2)CC1. The maximum atomic E-state index is 6.07. The maximum Gasteiger partial charge on any atom is 0.137 e. The molecule has 2 aliphatic rings. The number of piperidine rings is 1. The highest BCUT2D eigenvalue weighted by Gasteiger charge is 2.37. The molecule has 110 valence electrons. The van der Waals surface area contributed by atoms with Crippen molar-refractivity contribution in [3.8, 4) is 0 Å². The number of hydrogen-bond donors (Lipinski definition) is 1. The summed E-state index contributed by atoms with van der Waals surface area (Å²) in [5, 5.41) is 0. The quantitative estimate of drug-likeness (QED) is 0.898. The number of aromatic nitrogens is 2. The summed E-state index contributed by atoms with van der Waals surface area (Å²) in [4.78, 5) is 11.1. The number of rotatable bonds is 2. The van der Waals surface area contributed by atoms with E-state index >= 15 is 0 Å². The van der Waals surface area contributed by atoms with Crippen LogP contribution in [0, 0.1) is 5.41 Å². The molecule has 0 atom stereocenters. The van der Waals surface area contributed by atoms with Gasteiger partial charge in [-0.15, -0.1) is 0 Å². The third-order valence-electron chi connectivity index (χ3n) is 5.26. The zero-order valence-electron chi connectivity index (χ0n) is 12.7. The molecule has 0 unspecified atom stereocenters. The summed E-state index contributed by atoms with van der Waals surface area (Å²) in [5.74, 6) is 2.08. The van der Waals surface area contributed by atoms with Crippen molar-refractivity contribution in [2.45, 2.75) is 58.3 Å². The lowest BCUT2D eigenvalue weighted by Gasteiger charge is -2.40. The monoisotopic (exact) mass is 274 g/mol. The second-order valence-corrected chi connectivity index (χ2v) is 6.85. The highest BCUT2D eigenvalue weighted by molar-refractivity contribution is 5.58. The van der Waals surface area contributed by atoms with Crippen LogP contribution in [0.1, 0.15) is 63.9 Å². The minimum atomic E-state index is 0.369. The molecule has 4 nitrogen and oxygen atoms in total. The van der Waals surface area contributed by atoms with E-state index in [0.29, 0.717) is 17.2 Å². The number of nitrogen functional groups attached to an aromatic ring is 1. The van der Waals surface area contributed by atoms with Crippen LogP contribution in [0.25, 0.3) is 0 Å². The van der Waals surface area contributed by atoms with E-state index in [1.165, 1.54) is 38.5 Å². The molecule has 1 spiro atoms. The fourth-order valence-electron chi connectivity index (χ4n) is 4.02. The van der Waals surface area contributed by atoms with Crippen molar-refractivity contribution in [2.24, 2.45) is 5.41 Å². The molecule has 20 heavy (non-hydrogen) atoms. The van der Waals surface area contributed by atoms with E-state index in [0.717, 1.165) is 24.5 Å². The van der Waals surface area contributed by atoms with Gasteiger partial charge >= 0.3 is 0 Å². The maximum absolute atomic E-state index is 6.07. The number of nitrogens with zero attached hydrogens (tertiary/aromatic N) is 3. The average Bonchev–Trinajstić information content (AvgIpc) is 2.87. The predicted octanol–water partition coefficient (Wildman–Crippen LogP) is 3.34. The van der Waals surface area contributed by atoms with Crippen molar-refractivity contribution in [2.75, 3.05) is 23.7 Å². The summed E-state index contributed by atoms with van der Waals surface area (Å²) in [6, 6.07) is 0. The van der Waals surface area contributed by atoms with Crippen LogP contribution in [0.3, 0.4) is 0 Å². The average molecular weight is 274 g/mol. The van der Waals surface area contributed by atoms with Crippen molar-refractivity contribution in [3.63, 3.8) is 0 Å². The minimum Gasteiger partial charge on any atom is -0.383 e. The van der Waals surface area contributed by atoms with Crippen LogP contribution in [0.4, 0.5) is 11.6 Å². The third-order valence-corrected chi connectivity index (χ3v) is 5.26. The van der Waals surface area contributed by atoms with Crippen LogP contribution in [-0.2, 0) is 0 Å². The fraction of sp³-hybridized carbons (Fsp3) is 0.750. The van der Waals surface area contributed by atoms with Gasteiger partial charge in [0.1, 0.15) is 18.0 Å². The molecule has 1 aliphatic heterocycles. The van der Waals surface area contributed by atoms with E-state index in [1.54, 1.807) is 6.33 Å². The van der Waals surface area contributed by atoms with Crippen molar-refractivity contribution >= 4 is 11.6 Å². The van der Waals surface area contributed by atoms with E-state index in [4.69, 9.17) is 5.73 Å². The van der Waals surface area contributed by atoms with E-state index < -0.39 is 0 Å². The lowest BCUT2D eigenvalue weighted by Crippen LogP contribution is -2.40. The number of anilines is 2. The highest BCUT2D eigenvalue weighted by Crippen LogP contribution is 2.47. The van der Waals surface area contributed by atoms with Gasteiger partial charge in [0.05, 0.1) is 0 Å². The molecule has 1 saturated heterocycles. The van der Waals surface area contributed by atoms with Gasteiger partial charge < -0.3 is 10.6 Å². The Morgan fingerprint density at radius 2 is 1.75 bits per heavy atom. The van der Waals surface area contributed by atoms with Gasteiger partial charge in [0, 0.05) is 18.7 Å².